The van der Waals surface area contributed by atoms with E-state index in [9.17, 15) is 4.39 Å². The van der Waals surface area contributed by atoms with Gasteiger partial charge in [0.2, 0.25) is 0 Å². The van der Waals surface area contributed by atoms with Crippen molar-refractivity contribution in [1.82, 2.24) is 14.9 Å². The first-order valence-electron chi connectivity index (χ1n) is 13.7. The van der Waals surface area contributed by atoms with Gasteiger partial charge in [-0.05, 0) is 79.1 Å². The molecule has 9 heteroatoms. The summed E-state index contributed by atoms with van der Waals surface area (Å²) in [5, 5.41) is 4.65. The molecule has 3 aromatic carbocycles. The van der Waals surface area contributed by atoms with Crippen molar-refractivity contribution in [2.24, 2.45) is 0 Å². The quantitative estimate of drug-likeness (QED) is 0.151. The summed E-state index contributed by atoms with van der Waals surface area (Å²) < 4.78 is 25.6. The molecular formula is C32H30ClFN4O2S. The summed E-state index contributed by atoms with van der Waals surface area (Å²) >= 11 is 11.0. The van der Waals surface area contributed by atoms with E-state index in [1.165, 1.54) is 37.7 Å². The van der Waals surface area contributed by atoms with Crippen molar-refractivity contribution in [3.8, 4) is 17.1 Å². The molecule has 1 aliphatic carbocycles. The van der Waals surface area contributed by atoms with Gasteiger partial charge in [-0.25, -0.2) is 14.4 Å². The first-order valence-corrected chi connectivity index (χ1v) is 14.7. The van der Waals surface area contributed by atoms with Crippen molar-refractivity contribution in [2.75, 3.05) is 17.6 Å². The van der Waals surface area contributed by atoms with E-state index in [-0.39, 0.29) is 12.4 Å². The Labute approximate surface area is 248 Å². The molecule has 1 N–H and O–H groups in total. The van der Waals surface area contributed by atoms with Crippen LogP contribution in [0.3, 0.4) is 0 Å². The molecule has 0 bridgehead atoms. The van der Waals surface area contributed by atoms with Gasteiger partial charge >= 0.3 is 0 Å². The SMILES string of the molecule is Fc1cccc(COc2ccc(Nc3ncnc4ccc(-c5ccc(CN(CCS)C6CCC6)o5)cc34)cc2Cl)c1. The van der Waals surface area contributed by atoms with E-state index in [0.717, 1.165) is 58.1 Å². The normalized spacial score (nSPS) is 13.5. The molecule has 0 atom stereocenters. The monoisotopic (exact) mass is 588 g/mol. The highest BCUT2D eigenvalue weighted by Crippen LogP contribution is 2.33. The number of benzene rings is 3. The maximum Gasteiger partial charge on any atom is 0.141 e. The molecule has 1 aliphatic rings. The number of fused-ring (bicyclic) bond motifs is 1. The van der Waals surface area contributed by atoms with Gasteiger partial charge in [0.1, 0.15) is 41.8 Å². The third kappa shape index (κ3) is 6.50. The lowest BCUT2D eigenvalue weighted by molar-refractivity contribution is 0.119. The minimum atomic E-state index is -0.302. The van der Waals surface area contributed by atoms with Crippen LogP contribution >= 0.6 is 24.2 Å². The highest BCUT2D eigenvalue weighted by Gasteiger charge is 2.25. The summed E-state index contributed by atoms with van der Waals surface area (Å²) in [6, 6.07) is 22.5. The van der Waals surface area contributed by atoms with Gasteiger partial charge in [0.25, 0.3) is 0 Å². The summed E-state index contributed by atoms with van der Waals surface area (Å²) in [6.07, 6.45) is 5.33. The molecule has 0 spiro atoms. The molecule has 6 nitrogen and oxygen atoms in total. The second kappa shape index (κ2) is 12.5. The van der Waals surface area contributed by atoms with Crippen molar-refractivity contribution in [1.29, 1.82) is 0 Å². The van der Waals surface area contributed by atoms with E-state index in [1.807, 2.05) is 30.3 Å². The lowest BCUT2D eigenvalue weighted by Gasteiger charge is -2.36. The van der Waals surface area contributed by atoms with Crippen molar-refractivity contribution in [3.63, 3.8) is 0 Å². The first kappa shape index (κ1) is 27.6. The van der Waals surface area contributed by atoms with Crippen LogP contribution in [0.1, 0.15) is 30.6 Å². The first-order chi connectivity index (χ1) is 20.1. The summed E-state index contributed by atoms with van der Waals surface area (Å²) in [7, 11) is 0. The second-order valence-electron chi connectivity index (χ2n) is 10.2. The average molecular weight is 589 g/mol. The van der Waals surface area contributed by atoms with Crippen LogP contribution in [0, 0.1) is 5.82 Å². The minimum absolute atomic E-state index is 0.214. The zero-order valence-electron chi connectivity index (χ0n) is 22.4. The van der Waals surface area contributed by atoms with Crippen LogP contribution in [0.2, 0.25) is 5.02 Å². The van der Waals surface area contributed by atoms with Crippen molar-refractivity contribution < 1.29 is 13.5 Å². The zero-order chi connectivity index (χ0) is 28.2. The Morgan fingerprint density at radius 1 is 1.05 bits per heavy atom. The smallest absolute Gasteiger partial charge is 0.141 e. The molecule has 2 aromatic heterocycles. The molecule has 1 fully saturated rings. The Morgan fingerprint density at radius 3 is 2.73 bits per heavy atom. The molecule has 0 saturated heterocycles. The van der Waals surface area contributed by atoms with Crippen LogP contribution in [0.15, 0.2) is 83.5 Å². The van der Waals surface area contributed by atoms with E-state index in [2.05, 4.69) is 38.9 Å². The maximum atomic E-state index is 13.5. The van der Waals surface area contributed by atoms with Gasteiger partial charge < -0.3 is 14.5 Å². The third-order valence-corrected chi connectivity index (χ3v) is 7.89. The van der Waals surface area contributed by atoms with Crippen LogP contribution < -0.4 is 10.1 Å². The largest absolute Gasteiger partial charge is 0.487 e. The van der Waals surface area contributed by atoms with E-state index < -0.39 is 0 Å². The summed E-state index contributed by atoms with van der Waals surface area (Å²) in [5.74, 6) is 3.45. The van der Waals surface area contributed by atoms with E-state index in [0.29, 0.717) is 22.6 Å². The molecule has 6 rings (SSSR count). The molecule has 0 amide bonds. The number of thiol groups is 1. The van der Waals surface area contributed by atoms with Gasteiger partial charge in [0.15, 0.2) is 0 Å². The molecule has 210 valence electrons. The lowest BCUT2D eigenvalue weighted by Crippen LogP contribution is -2.40. The summed E-state index contributed by atoms with van der Waals surface area (Å²) in [4.78, 5) is 11.4. The van der Waals surface area contributed by atoms with Gasteiger partial charge in [-0.2, -0.15) is 12.6 Å². The van der Waals surface area contributed by atoms with Crippen molar-refractivity contribution in [2.45, 2.75) is 38.5 Å². The van der Waals surface area contributed by atoms with Gasteiger partial charge in [0, 0.05) is 35.0 Å². The fourth-order valence-corrected chi connectivity index (χ4v) is 5.51. The maximum absolute atomic E-state index is 13.5. The Kier molecular flexibility index (Phi) is 8.41. The van der Waals surface area contributed by atoms with Crippen LogP contribution in [0.4, 0.5) is 15.9 Å². The third-order valence-electron chi connectivity index (χ3n) is 7.40. The van der Waals surface area contributed by atoms with Gasteiger partial charge in [-0.15, -0.1) is 0 Å². The number of furan rings is 1. The summed E-state index contributed by atoms with van der Waals surface area (Å²) in [6.45, 7) is 1.96. The number of nitrogens with zero attached hydrogens (tertiary/aromatic N) is 3. The average Bonchev–Trinajstić information content (AvgIpc) is 3.40. The fourth-order valence-electron chi connectivity index (χ4n) is 5.02. The molecule has 5 aromatic rings. The second-order valence-corrected chi connectivity index (χ2v) is 11.0. The number of halogens is 2. The number of ether oxygens (including phenoxy) is 1. The number of anilines is 2. The topological polar surface area (TPSA) is 63.4 Å². The van der Waals surface area contributed by atoms with Crippen LogP contribution in [-0.4, -0.2) is 33.2 Å². The number of aromatic nitrogens is 2. The minimum Gasteiger partial charge on any atom is -0.487 e. The zero-order valence-corrected chi connectivity index (χ0v) is 24.0. The molecule has 0 radical (unpaired) electrons. The highest BCUT2D eigenvalue weighted by atomic mass is 35.5. The molecule has 0 unspecified atom stereocenters. The Hall–Kier alpha value is -3.59. The van der Waals surface area contributed by atoms with Gasteiger partial charge in [0.05, 0.1) is 17.1 Å². The van der Waals surface area contributed by atoms with Crippen LogP contribution in [0.5, 0.6) is 5.75 Å². The highest BCUT2D eigenvalue weighted by molar-refractivity contribution is 7.80. The van der Waals surface area contributed by atoms with Gasteiger partial charge in [-0.1, -0.05) is 30.2 Å². The Balaban J connectivity index is 1.18. The number of hydrogen-bond acceptors (Lipinski definition) is 7. The van der Waals surface area contributed by atoms with Gasteiger partial charge in [-0.3, -0.25) is 4.90 Å². The Bertz CT molecular complexity index is 1660. The van der Waals surface area contributed by atoms with E-state index in [1.54, 1.807) is 24.3 Å². The molecule has 2 heterocycles. The predicted octanol–water partition coefficient (Wildman–Crippen LogP) is 8.29. The molecule has 1 saturated carbocycles. The lowest BCUT2D eigenvalue weighted by atomic mass is 9.91. The molecule has 0 aliphatic heterocycles. The van der Waals surface area contributed by atoms with Crippen LogP contribution in [-0.2, 0) is 13.2 Å². The Morgan fingerprint density at radius 2 is 1.95 bits per heavy atom. The number of rotatable bonds is 11. The predicted molar refractivity (Wildman–Crippen MR) is 165 cm³/mol. The number of hydrogen-bond donors (Lipinski definition) is 2. The van der Waals surface area contributed by atoms with Crippen molar-refractivity contribution >= 4 is 46.6 Å². The standard InChI is InChI=1S/C32H30ClFN4O2S/c33-28-17-24(8-11-31(28)39-19-21-3-1-4-23(34)15-21)37-32-27-16-22(7-10-29(27)35-20-36-32)30-12-9-26(40-30)18-38(13-14-41)25-5-2-6-25/h1,3-4,7-12,15-17,20,25,41H,2,5-6,13-14,18-19H2,(H,35,36,37). The molecular weight excluding hydrogens is 559 g/mol. The van der Waals surface area contributed by atoms with E-state index >= 15 is 0 Å². The number of nitrogens with one attached hydrogen (secondary N) is 1. The van der Waals surface area contributed by atoms with Crippen LogP contribution in [0.25, 0.3) is 22.2 Å². The van der Waals surface area contributed by atoms with Crippen molar-refractivity contribution in [3.05, 3.63) is 101 Å². The molecule has 41 heavy (non-hydrogen) atoms. The van der Waals surface area contributed by atoms with E-state index in [4.69, 9.17) is 20.8 Å². The summed E-state index contributed by atoms with van der Waals surface area (Å²) in [5.41, 5.74) is 3.23. The fraction of sp³-hybridized carbons (Fsp3) is 0.250.